The van der Waals surface area contributed by atoms with E-state index in [-0.39, 0.29) is 22.2 Å². The highest BCUT2D eigenvalue weighted by molar-refractivity contribution is 7.87. The van der Waals surface area contributed by atoms with Crippen LogP contribution in [-0.4, -0.2) is 20.3 Å². The number of hydrogen-bond acceptors (Lipinski definition) is 6. The molecule has 6 nitrogen and oxygen atoms in total. The molecule has 1 aliphatic rings. The summed E-state index contributed by atoms with van der Waals surface area (Å²) < 4.78 is 35.8. The Bertz CT molecular complexity index is 1280. The number of rotatable bonds is 5. The molecular weight excluding hydrogens is 402 g/mol. The lowest BCUT2D eigenvalue weighted by atomic mass is 10.1. The van der Waals surface area contributed by atoms with Crippen LogP contribution in [0.4, 0.5) is 0 Å². The summed E-state index contributed by atoms with van der Waals surface area (Å²) in [5.74, 6) is -0.324. The number of aryl methyl sites for hydroxylation is 1. The molecule has 0 radical (unpaired) electrons. The van der Waals surface area contributed by atoms with Crippen molar-refractivity contribution in [3.8, 4) is 5.75 Å². The Morgan fingerprint density at radius 2 is 1.57 bits per heavy atom. The maximum atomic E-state index is 12.6. The number of esters is 1. The van der Waals surface area contributed by atoms with Gasteiger partial charge in [-0.1, -0.05) is 54.6 Å². The van der Waals surface area contributed by atoms with Gasteiger partial charge in [0.2, 0.25) is 5.90 Å². The van der Waals surface area contributed by atoms with E-state index < -0.39 is 16.1 Å². The van der Waals surface area contributed by atoms with Gasteiger partial charge in [-0.25, -0.2) is 9.79 Å². The first-order valence-electron chi connectivity index (χ1n) is 9.11. The van der Waals surface area contributed by atoms with Crippen molar-refractivity contribution in [2.45, 2.75) is 11.8 Å². The molecule has 0 aromatic heterocycles. The van der Waals surface area contributed by atoms with Gasteiger partial charge in [0, 0.05) is 11.1 Å². The number of hydrogen-bond donors (Lipinski definition) is 0. The first-order chi connectivity index (χ1) is 14.4. The number of aliphatic imine (C=N–C) groups is 1. The van der Waals surface area contributed by atoms with E-state index in [4.69, 9.17) is 8.92 Å². The summed E-state index contributed by atoms with van der Waals surface area (Å²) in [6.07, 6.45) is 1.45. The third-order valence-corrected chi connectivity index (χ3v) is 5.69. The molecule has 30 heavy (non-hydrogen) atoms. The number of nitrogens with zero attached hydrogens (tertiary/aromatic N) is 1. The Morgan fingerprint density at radius 3 is 2.33 bits per heavy atom. The summed E-state index contributed by atoms with van der Waals surface area (Å²) in [7, 11) is -4.02. The molecule has 0 N–H and O–H groups in total. The van der Waals surface area contributed by atoms with E-state index in [1.54, 1.807) is 36.4 Å². The highest BCUT2D eigenvalue weighted by atomic mass is 32.2. The van der Waals surface area contributed by atoms with Crippen molar-refractivity contribution in [1.29, 1.82) is 0 Å². The Labute approximate surface area is 174 Å². The van der Waals surface area contributed by atoms with Crippen LogP contribution in [0.3, 0.4) is 0 Å². The molecule has 3 aromatic carbocycles. The Balaban J connectivity index is 1.68. The topological polar surface area (TPSA) is 82.0 Å². The molecule has 0 unspecified atom stereocenters. The van der Waals surface area contributed by atoms with Crippen LogP contribution in [0.1, 0.15) is 16.7 Å². The maximum absolute atomic E-state index is 12.6. The van der Waals surface area contributed by atoms with Gasteiger partial charge in [0.15, 0.2) is 5.70 Å². The van der Waals surface area contributed by atoms with Crippen molar-refractivity contribution in [2.24, 2.45) is 4.99 Å². The quantitative estimate of drug-likeness (QED) is 0.353. The van der Waals surface area contributed by atoms with Crippen molar-refractivity contribution < 1.29 is 22.1 Å². The fourth-order valence-corrected chi connectivity index (χ4v) is 3.89. The summed E-state index contributed by atoms with van der Waals surface area (Å²) in [5, 5.41) is 0. The highest BCUT2D eigenvalue weighted by Gasteiger charge is 2.26. The van der Waals surface area contributed by atoms with Gasteiger partial charge in [-0.2, -0.15) is 8.42 Å². The average Bonchev–Trinajstić information content (AvgIpc) is 3.10. The van der Waals surface area contributed by atoms with Gasteiger partial charge in [0.05, 0.1) is 0 Å². The Hall–Kier alpha value is -3.71. The molecule has 3 aromatic rings. The van der Waals surface area contributed by atoms with Crippen LogP contribution in [0.5, 0.6) is 5.75 Å². The number of benzene rings is 3. The zero-order valence-corrected chi connectivity index (χ0v) is 16.8. The normalized spacial score (nSPS) is 15.0. The van der Waals surface area contributed by atoms with Gasteiger partial charge < -0.3 is 8.92 Å². The van der Waals surface area contributed by atoms with Crippen LogP contribution in [0.15, 0.2) is 94.4 Å². The molecule has 4 rings (SSSR count). The van der Waals surface area contributed by atoms with E-state index in [0.29, 0.717) is 11.1 Å². The fourth-order valence-electron chi connectivity index (χ4n) is 2.91. The van der Waals surface area contributed by atoms with E-state index in [1.807, 2.05) is 31.2 Å². The van der Waals surface area contributed by atoms with Crippen molar-refractivity contribution >= 4 is 28.1 Å². The second kappa shape index (κ2) is 7.96. The predicted octanol–water partition coefficient (Wildman–Crippen LogP) is 4.11. The van der Waals surface area contributed by atoms with Gasteiger partial charge in [0.25, 0.3) is 0 Å². The van der Waals surface area contributed by atoms with E-state index in [9.17, 15) is 13.2 Å². The molecule has 0 bridgehead atoms. The number of ether oxygens (including phenoxy) is 1. The highest BCUT2D eigenvalue weighted by Crippen LogP contribution is 2.27. The summed E-state index contributed by atoms with van der Waals surface area (Å²) in [5.41, 5.74) is 2.08. The first-order valence-corrected chi connectivity index (χ1v) is 10.5. The summed E-state index contributed by atoms with van der Waals surface area (Å²) in [4.78, 5) is 16.7. The summed E-state index contributed by atoms with van der Waals surface area (Å²) in [6, 6.07) is 21.8. The predicted molar refractivity (Wildman–Crippen MR) is 112 cm³/mol. The standard InChI is InChI=1S/C23H17NO5S/c1-16-9-5-7-13-19(16)22-24-20(23(25)28-22)15-17-10-6-8-14-21(17)29-30(26,27)18-11-3-2-4-12-18/h2-15H,1H3/b20-15+. The second-order valence-corrected chi connectivity index (χ2v) is 8.09. The van der Waals surface area contributed by atoms with Gasteiger partial charge in [-0.15, -0.1) is 0 Å². The zero-order chi connectivity index (χ0) is 21.1. The number of para-hydroxylation sites is 1. The first kappa shape index (κ1) is 19.6. The molecule has 0 amide bonds. The molecule has 7 heteroatoms. The minimum atomic E-state index is -4.02. The minimum Gasteiger partial charge on any atom is -0.402 e. The summed E-state index contributed by atoms with van der Waals surface area (Å²) >= 11 is 0. The van der Waals surface area contributed by atoms with E-state index in [1.165, 1.54) is 24.3 Å². The van der Waals surface area contributed by atoms with Crippen LogP contribution in [-0.2, 0) is 19.6 Å². The summed E-state index contributed by atoms with van der Waals surface area (Å²) in [6.45, 7) is 1.89. The van der Waals surface area contributed by atoms with Crippen LogP contribution in [0, 0.1) is 6.92 Å². The SMILES string of the molecule is Cc1ccccc1C1=N/C(=C/c2ccccc2OS(=O)(=O)c2ccccc2)C(=O)O1. The monoisotopic (exact) mass is 419 g/mol. The number of carbonyl (C=O) groups excluding carboxylic acids is 1. The van der Waals surface area contributed by atoms with Crippen LogP contribution >= 0.6 is 0 Å². The number of cyclic esters (lactones) is 1. The van der Waals surface area contributed by atoms with Crippen molar-refractivity contribution in [1.82, 2.24) is 0 Å². The molecule has 0 fully saturated rings. The molecule has 0 spiro atoms. The van der Waals surface area contributed by atoms with E-state index in [2.05, 4.69) is 4.99 Å². The van der Waals surface area contributed by atoms with E-state index >= 15 is 0 Å². The largest absolute Gasteiger partial charge is 0.402 e. The zero-order valence-electron chi connectivity index (χ0n) is 16.0. The smallest absolute Gasteiger partial charge is 0.363 e. The van der Waals surface area contributed by atoms with Crippen molar-refractivity contribution in [3.63, 3.8) is 0 Å². The molecule has 1 heterocycles. The molecule has 150 valence electrons. The average molecular weight is 419 g/mol. The Morgan fingerprint density at radius 1 is 0.900 bits per heavy atom. The van der Waals surface area contributed by atoms with Gasteiger partial charge in [-0.05, 0) is 42.8 Å². The lowest BCUT2D eigenvalue weighted by Crippen LogP contribution is -2.10. The second-order valence-electron chi connectivity index (χ2n) is 6.54. The van der Waals surface area contributed by atoms with Crippen molar-refractivity contribution in [2.75, 3.05) is 0 Å². The number of carbonyl (C=O) groups is 1. The minimum absolute atomic E-state index is 0.0348. The lowest BCUT2D eigenvalue weighted by molar-refractivity contribution is -0.129. The molecule has 0 saturated carbocycles. The van der Waals surface area contributed by atoms with Gasteiger partial charge in [-0.3, -0.25) is 0 Å². The van der Waals surface area contributed by atoms with Crippen molar-refractivity contribution in [3.05, 3.63) is 101 Å². The van der Waals surface area contributed by atoms with Gasteiger partial charge in [0.1, 0.15) is 10.6 Å². The Kier molecular flexibility index (Phi) is 5.20. The molecule has 0 aliphatic carbocycles. The van der Waals surface area contributed by atoms with Crippen LogP contribution in [0.25, 0.3) is 6.08 Å². The fraction of sp³-hybridized carbons (Fsp3) is 0.0435. The molecule has 0 atom stereocenters. The molecule has 0 saturated heterocycles. The van der Waals surface area contributed by atoms with Crippen LogP contribution < -0.4 is 4.18 Å². The van der Waals surface area contributed by atoms with Crippen LogP contribution in [0.2, 0.25) is 0 Å². The third kappa shape index (κ3) is 4.01. The van der Waals surface area contributed by atoms with E-state index in [0.717, 1.165) is 5.56 Å². The maximum Gasteiger partial charge on any atom is 0.363 e. The van der Waals surface area contributed by atoms with Gasteiger partial charge >= 0.3 is 16.1 Å². The third-order valence-electron chi connectivity index (χ3n) is 4.44. The lowest BCUT2D eigenvalue weighted by Gasteiger charge is -2.09. The molecule has 1 aliphatic heterocycles. The molecular formula is C23H17NO5S.